The monoisotopic (exact) mass is 230 g/mol. The van der Waals surface area contributed by atoms with E-state index in [9.17, 15) is 4.79 Å². The lowest BCUT2D eigenvalue weighted by molar-refractivity contribution is -0.0331. The molecule has 3 rings (SSSR count). The summed E-state index contributed by atoms with van der Waals surface area (Å²) in [5.74, 6) is 0.486. The number of fused-ring (bicyclic) bond motifs is 1. The summed E-state index contributed by atoms with van der Waals surface area (Å²) in [5, 5.41) is 0.936. The fourth-order valence-corrected chi connectivity index (χ4v) is 2.16. The first-order valence-corrected chi connectivity index (χ1v) is 5.72. The van der Waals surface area contributed by atoms with Gasteiger partial charge in [-0.2, -0.15) is 0 Å². The Hall–Kier alpha value is -1.81. The lowest BCUT2D eigenvalue weighted by Gasteiger charge is -2.25. The quantitative estimate of drug-likeness (QED) is 0.802. The van der Waals surface area contributed by atoms with Gasteiger partial charge < -0.3 is 10.5 Å². The molecule has 2 N–H and O–H groups in total. The molecular weight excluding hydrogens is 216 g/mol. The highest BCUT2D eigenvalue weighted by atomic mass is 16.5. The van der Waals surface area contributed by atoms with Crippen molar-refractivity contribution in [2.45, 2.75) is 6.42 Å². The first-order chi connectivity index (χ1) is 8.25. The first-order valence-electron chi connectivity index (χ1n) is 5.72. The summed E-state index contributed by atoms with van der Waals surface area (Å²) in [6, 6.07) is 7.52. The fraction of sp³-hybridized carbons (Fsp3) is 0.308. The van der Waals surface area contributed by atoms with Gasteiger partial charge in [0, 0.05) is 29.6 Å². The van der Waals surface area contributed by atoms with Crippen molar-refractivity contribution in [1.29, 1.82) is 0 Å². The van der Waals surface area contributed by atoms with E-state index in [1.165, 1.54) is 0 Å². The maximum atomic E-state index is 12.1. The summed E-state index contributed by atoms with van der Waals surface area (Å²) >= 11 is 0. The molecule has 2 heterocycles. The van der Waals surface area contributed by atoms with Crippen molar-refractivity contribution in [2.24, 2.45) is 5.92 Å². The van der Waals surface area contributed by atoms with E-state index in [1.807, 2.05) is 24.3 Å². The maximum absolute atomic E-state index is 12.1. The minimum atomic E-state index is 0.110. The average molecular weight is 230 g/mol. The summed E-state index contributed by atoms with van der Waals surface area (Å²) in [7, 11) is 0. The minimum absolute atomic E-state index is 0.110. The van der Waals surface area contributed by atoms with Crippen LogP contribution in [0.2, 0.25) is 0 Å². The molecule has 0 unspecified atom stereocenters. The Morgan fingerprint density at radius 2 is 2.24 bits per heavy atom. The van der Waals surface area contributed by atoms with Gasteiger partial charge in [-0.1, -0.05) is 6.07 Å². The predicted molar refractivity (Wildman–Crippen MR) is 65.9 cm³/mol. The summed E-state index contributed by atoms with van der Waals surface area (Å²) < 4.78 is 6.76. The molecule has 17 heavy (non-hydrogen) atoms. The third kappa shape index (κ3) is 1.70. The Labute approximate surface area is 99.0 Å². The third-order valence-electron chi connectivity index (χ3n) is 3.21. The number of carbonyl (C=O) groups excluding carboxylic acids is 1. The van der Waals surface area contributed by atoms with Crippen LogP contribution in [0.3, 0.4) is 0 Å². The number of anilines is 1. The van der Waals surface area contributed by atoms with Gasteiger partial charge in [-0.05, 0) is 18.2 Å². The molecular formula is C13H14N2O2. The molecule has 1 fully saturated rings. The zero-order valence-corrected chi connectivity index (χ0v) is 9.43. The van der Waals surface area contributed by atoms with Crippen molar-refractivity contribution in [3.05, 3.63) is 30.5 Å². The van der Waals surface area contributed by atoms with Crippen LogP contribution in [0.15, 0.2) is 30.5 Å². The molecule has 1 aromatic heterocycles. The van der Waals surface area contributed by atoms with Crippen molar-refractivity contribution in [3.63, 3.8) is 0 Å². The molecule has 1 aromatic carbocycles. The van der Waals surface area contributed by atoms with E-state index in [-0.39, 0.29) is 5.91 Å². The molecule has 4 heteroatoms. The molecule has 1 aliphatic heterocycles. The highest BCUT2D eigenvalue weighted by molar-refractivity contribution is 5.98. The number of benzene rings is 1. The Morgan fingerprint density at radius 3 is 2.94 bits per heavy atom. The van der Waals surface area contributed by atoms with Gasteiger partial charge in [-0.15, -0.1) is 0 Å². The largest absolute Gasteiger partial charge is 0.398 e. The number of nitrogens with two attached hydrogens (primary N) is 1. The van der Waals surface area contributed by atoms with E-state index in [0.717, 1.165) is 10.9 Å². The standard InChI is InChI=1S/C13H14N2O2/c14-11-2-1-3-12-10(11)4-5-15(12)13(16)6-9-7-17-8-9/h1-5,9H,6-8,14H2. The van der Waals surface area contributed by atoms with Gasteiger partial charge in [-0.3, -0.25) is 9.36 Å². The average Bonchev–Trinajstić information content (AvgIpc) is 2.68. The second-order valence-electron chi connectivity index (χ2n) is 4.47. The van der Waals surface area contributed by atoms with E-state index >= 15 is 0 Å². The molecule has 88 valence electrons. The Kier molecular flexibility index (Phi) is 2.37. The van der Waals surface area contributed by atoms with Gasteiger partial charge in [-0.25, -0.2) is 0 Å². The normalized spacial score (nSPS) is 16.0. The predicted octanol–water partition coefficient (Wildman–Crippen LogP) is 1.90. The van der Waals surface area contributed by atoms with Crippen LogP contribution in [0.4, 0.5) is 5.69 Å². The van der Waals surface area contributed by atoms with Crippen LogP contribution in [0.1, 0.15) is 11.2 Å². The summed E-state index contributed by atoms with van der Waals surface area (Å²) in [6.45, 7) is 1.40. The van der Waals surface area contributed by atoms with Crippen molar-refractivity contribution in [1.82, 2.24) is 4.57 Å². The van der Waals surface area contributed by atoms with Crippen LogP contribution in [0.25, 0.3) is 10.9 Å². The number of aromatic nitrogens is 1. The Bertz CT molecular complexity index is 570. The van der Waals surface area contributed by atoms with Gasteiger partial charge in [0.2, 0.25) is 5.91 Å². The molecule has 0 saturated carbocycles. The maximum Gasteiger partial charge on any atom is 0.231 e. The van der Waals surface area contributed by atoms with E-state index in [4.69, 9.17) is 10.5 Å². The lowest BCUT2D eigenvalue weighted by Crippen LogP contribution is -2.31. The van der Waals surface area contributed by atoms with Crippen molar-refractivity contribution in [2.75, 3.05) is 18.9 Å². The third-order valence-corrected chi connectivity index (χ3v) is 3.21. The van der Waals surface area contributed by atoms with E-state index in [0.29, 0.717) is 31.2 Å². The van der Waals surface area contributed by atoms with Gasteiger partial charge in [0.05, 0.1) is 18.7 Å². The van der Waals surface area contributed by atoms with Crippen LogP contribution in [-0.2, 0) is 4.74 Å². The van der Waals surface area contributed by atoms with Crippen LogP contribution >= 0.6 is 0 Å². The molecule has 0 bridgehead atoms. The summed E-state index contributed by atoms with van der Waals surface area (Å²) in [6.07, 6.45) is 2.33. The Balaban J connectivity index is 1.94. The number of nitrogens with zero attached hydrogens (tertiary/aromatic N) is 1. The molecule has 2 aromatic rings. The molecule has 0 radical (unpaired) electrons. The topological polar surface area (TPSA) is 57.2 Å². The number of rotatable bonds is 2. The van der Waals surface area contributed by atoms with Crippen LogP contribution in [0, 0.1) is 5.92 Å². The SMILES string of the molecule is Nc1cccc2c1ccn2C(=O)CC1COC1. The molecule has 0 atom stereocenters. The number of nitrogen functional groups attached to an aromatic ring is 1. The van der Waals surface area contributed by atoms with Gasteiger partial charge in [0.15, 0.2) is 0 Å². The second kappa shape index (κ2) is 3.89. The molecule has 1 saturated heterocycles. The number of hydrogen-bond acceptors (Lipinski definition) is 3. The van der Waals surface area contributed by atoms with Crippen LogP contribution in [0.5, 0.6) is 0 Å². The van der Waals surface area contributed by atoms with Gasteiger partial charge in [0.1, 0.15) is 0 Å². The van der Waals surface area contributed by atoms with Crippen LogP contribution in [-0.4, -0.2) is 23.7 Å². The summed E-state index contributed by atoms with van der Waals surface area (Å²) in [5.41, 5.74) is 7.46. The molecule has 0 spiro atoms. The minimum Gasteiger partial charge on any atom is -0.398 e. The highest BCUT2D eigenvalue weighted by Gasteiger charge is 2.23. The molecule has 1 aliphatic rings. The van der Waals surface area contributed by atoms with Gasteiger partial charge >= 0.3 is 0 Å². The van der Waals surface area contributed by atoms with Crippen molar-refractivity contribution >= 4 is 22.5 Å². The van der Waals surface area contributed by atoms with E-state index in [1.54, 1.807) is 10.8 Å². The highest BCUT2D eigenvalue weighted by Crippen LogP contribution is 2.23. The zero-order chi connectivity index (χ0) is 11.8. The number of ether oxygens (including phenoxy) is 1. The second-order valence-corrected chi connectivity index (χ2v) is 4.47. The van der Waals surface area contributed by atoms with E-state index in [2.05, 4.69) is 0 Å². The lowest BCUT2D eigenvalue weighted by atomic mass is 10.0. The number of carbonyl (C=O) groups is 1. The number of hydrogen-bond donors (Lipinski definition) is 1. The summed E-state index contributed by atoms with van der Waals surface area (Å²) in [4.78, 5) is 12.1. The van der Waals surface area contributed by atoms with Crippen molar-refractivity contribution in [3.8, 4) is 0 Å². The fourth-order valence-electron chi connectivity index (χ4n) is 2.16. The van der Waals surface area contributed by atoms with Gasteiger partial charge in [0.25, 0.3) is 0 Å². The molecule has 0 amide bonds. The molecule has 4 nitrogen and oxygen atoms in total. The van der Waals surface area contributed by atoms with Crippen molar-refractivity contribution < 1.29 is 9.53 Å². The zero-order valence-electron chi connectivity index (χ0n) is 9.43. The first kappa shape index (κ1) is 10.4. The van der Waals surface area contributed by atoms with Crippen LogP contribution < -0.4 is 5.73 Å². The molecule has 0 aliphatic carbocycles. The smallest absolute Gasteiger partial charge is 0.231 e. The van der Waals surface area contributed by atoms with E-state index < -0.39 is 0 Å². The Morgan fingerprint density at radius 1 is 1.41 bits per heavy atom.